The van der Waals surface area contributed by atoms with Crippen molar-refractivity contribution in [2.24, 2.45) is 0 Å². The van der Waals surface area contributed by atoms with Crippen molar-refractivity contribution >= 4 is 11.6 Å². The summed E-state index contributed by atoms with van der Waals surface area (Å²) in [7, 11) is 4.34. The molecule has 1 aromatic carbocycles. The van der Waals surface area contributed by atoms with Crippen LogP contribution in [-0.2, 0) is 4.74 Å². The number of hydrogen-bond donors (Lipinski definition) is 0. The highest BCUT2D eigenvalue weighted by atomic mass is 16.5. The van der Waals surface area contributed by atoms with Gasteiger partial charge in [0.2, 0.25) is 11.5 Å². The molecule has 142 valence electrons. The zero-order valence-electron chi connectivity index (χ0n) is 16.4. The second kappa shape index (κ2) is 7.40. The van der Waals surface area contributed by atoms with E-state index < -0.39 is 5.60 Å². The normalized spacial score (nSPS) is 14.3. The number of ketones is 2. The molecule has 0 saturated carbocycles. The molecule has 1 aliphatic carbocycles. The fourth-order valence-electron chi connectivity index (χ4n) is 2.97. The zero-order valence-corrected chi connectivity index (χ0v) is 16.4. The van der Waals surface area contributed by atoms with Crippen LogP contribution in [0.1, 0.15) is 61.3 Å². The average Bonchev–Trinajstić information content (AvgIpc) is 2.59. The minimum Gasteiger partial charge on any atom is -0.493 e. The van der Waals surface area contributed by atoms with Crippen LogP contribution in [-0.4, -0.2) is 38.5 Å². The van der Waals surface area contributed by atoms with Gasteiger partial charge in [0.25, 0.3) is 0 Å². The summed E-state index contributed by atoms with van der Waals surface area (Å²) in [6.45, 7) is 7.46. The molecule has 6 nitrogen and oxygen atoms in total. The Kier molecular flexibility index (Phi) is 5.64. The van der Waals surface area contributed by atoms with Crippen molar-refractivity contribution in [1.82, 2.24) is 0 Å². The SMILES string of the molecule is CCCC1=C(OC(C)(C)C)C(=O)c2c(cc(OC)c(OC)c2OC)C1=O. The van der Waals surface area contributed by atoms with Crippen LogP contribution in [0, 0.1) is 0 Å². The van der Waals surface area contributed by atoms with E-state index in [0.717, 1.165) is 0 Å². The number of rotatable bonds is 6. The largest absolute Gasteiger partial charge is 0.493 e. The van der Waals surface area contributed by atoms with Gasteiger partial charge in [-0.05, 0) is 33.3 Å². The third kappa shape index (κ3) is 3.41. The summed E-state index contributed by atoms with van der Waals surface area (Å²) in [6.07, 6.45) is 1.16. The molecule has 0 aliphatic heterocycles. The van der Waals surface area contributed by atoms with E-state index >= 15 is 0 Å². The highest BCUT2D eigenvalue weighted by molar-refractivity contribution is 6.27. The number of ether oxygens (including phenoxy) is 4. The molecule has 1 aromatic rings. The maximum Gasteiger partial charge on any atom is 0.232 e. The molecule has 0 bridgehead atoms. The standard InChI is InChI=1S/C20H26O6/c1-8-9-11-15(21)12-10-13(23-5)18(24-6)19(25-7)14(12)16(22)17(11)26-20(2,3)4/h10H,8-9H2,1-7H3. The topological polar surface area (TPSA) is 71.1 Å². The molecule has 0 heterocycles. The Morgan fingerprint density at radius 2 is 1.54 bits per heavy atom. The monoisotopic (exact) mass is 362 g/mol. The van der Waals surface area contributed by atoms with Gasteiger partial charge in [0, 0.05) is 11.1 Å². The fraction of sp³-hybridized carbons (Fsp3) is 0.500. The van der Waals surface area contributed by atoms with Crippen molar-refractivity contribution < 1.29 is 28.5 Å². The molecule has 0 fully saturated rings. The smallest absolute Gasteiger partial charge is 0.232 e. The predicted octanol–water partition coefficient (Wildman–Crippen LogP) is 3.96. The quantitative estimate of drug-likeness (QED) is 0.763. The Balaban J connectivity index is 2.79. The molecule has 26 heavy (non-hydrogen) atoms. The summed E-state index contributed by atoms with van der Waals surface area (Å²) in [5.74, 6) is 0.230. The molecule has 0 N–H and O–H groups in total. The Labute approximate surface area is 154 Å². The number of allylic oxidation sites excluding steroid dienone is 2. The number of carbonyl (C=O) groups excluding carboxylic acids is 2. The Morgan fingerprint density at radius 1 is 0.923 bits per heavy atom. The second-order valence-corrected chi connectivity index (χ2v) is 7.00. The summed E-state index contributed by atoms with van der Waals surface area (Å²) in [6, 6.07) is 1.53. The molecular formula is C20H26O6. The Bertz CT molecular complexity index is 767. The van der Waals surface area contributed by atoms with Gasteiger partial charge in [0.15, 0.2) is 23.0 Å². The van der Waals surface area contributed by atoms with E-state index in [4.69, 9.17) is 18.9 Å². The van der Waals surface area contributed by atoms with E-state index in [1.165, 1.54) is 27.4 Å². The van der Waals surface area contributed by atoms with Crippen molar-refractivity contribution in [2.45, 2.75) is 46.1 Å². The van der Waals surface area contributed by atoms with E-state index in [1.54, 1.807) is 0 Å². The van der Waals surface area contributed by atoms with Gasteiger partial charge >= 0.3 is 0 Å². The number of carbonyl (C=O) groups is 2. The number of hydrogen-bond acceptors (Lipinski definition) is 6. The van der Waals surface area contributed by atoms with Gasteiger partial charge < -0.3 is 18.9 Å². The van der Waals surface area contributed by atoms with Crippen LogP contribution in [0.5, 0.6) is 17.2 Å². The minimum absolute atomic E-state index is 0.0855. The molecule has 0 aromatic heterocycles. The molecule has 0 radical (unpaired) electrons. The van der Waals surface area contributed by atoms with Gasteiger partial charge in [-0.1, -0.05) is 13.3 Å². The van der Waals surface area contributed by atoms with Crippen molar-refractivity contribution in [1.29, 1.82) is 0 Å². The van der Waals surface area contributed by atoms with E-state index in [2.05, 4.69) is 0 Å². The third-order valence-corrected chi connectivity index (χ3v) is 3.96. The lowest BCUT2D eigenvalue weighted by atomic mass is 9.85. The van der Waals surface area contributed by atoms with Crippen molar-refractivity contribution in [2.75, 3.05) is 21.3 Å². The third-order valence-electron chi connectivity index (χ3n) is 3.96. The van der Waals surface area contributed by atoms with Gasteiger partial charge in [0.05, 0.1) is 26.9 Å². The molecule has 1 aliphatic rings. The van der Waals surface area contributed by atoms with Crippen LogP contribution in [0.2, 0.25) is 0 Å². The van der Waals surface area contributed by atoms with Crippen molar-refractivity contribution in [3.63, 3.8) is 0 Å². The lowest BCUT2D eigenvalue weighted by Gasteiger charge is -2.29. The van der Waals surface area contributed by atoms with Gasteiger partial charge in [-0.25, -0.2) is 0 Å². The minimum atomic E-state index is -0.619. The summed E-state index contributed by atoms with van der Waals surface area (Å²) in [5, 5.41) is 0. The number of Topliss-reactive ketones (excluding diaryl/α,β-unsaturated/α-hetero) is 2. The molecule has 0 saturated heterocycles. The summed E-state index contributed by atoms with van der Waals surface area (Å²) >= 11 is 0. The molecule has 0 spiro atoms. The van der Waals surface area contributed by atoms with Gasteiger partial charge in [0.1, 0.15) is 5.60 Å². The highest BCUT2D eigenvalue weighted by Gasteiger charge is 2.39. The van der Waals surface area contributed by atoms with Gasteiger partial charge in [-0.15, -0.1) is 0 Å². The summed E-state index contributed by atoms with van der Waals surface area (Å²) in [5.41, 5.74) is 0.156. The molecule has 6 heteroatoms. The lowest BCUT2D eigenvalue weighted by Crippen LogP contribution is -2.30. The van der Waals surface area contributed by atoms with E-state index in [0.29, 0.717) is 24.2 Å². The molecule has 0 atom stereocenters. The van der Waals surface area contributed by atoms with Crippen LogP contribution in [0.3, 0.4) is 0 Å². The van der Waals surface area contributed by atoms with Crippen molar-refractivity contribution in [3.05, 3.63) is 28.5 Å². The first-order valence-electron chi connectivity index (χ1n) is 8.54. The second-order valence-electron chi connectivity index (χ2n) is 7.00. The van der Waals surface area contributed by atoms with E-state index in [9.17, 15) is 9.59 Å². The van der Waals surface area contributed by atoms with Gasteiger partial charge in [-0.2, -0.15) is 0 Å². The van der Waals surface area contributed by atoms with E-state index in [1.807, 2.05) is 27.7 Å². The summed E-state index contributed by atoms with van der Waals surface area (Å²) < 4.78 is 22.0. The number of fused-ring (bicyclic) bond motifs is 1. The van der Waals surface area contributed by atoms with Crippen LogP contribution >= 0.6 is 0 Å². The van der Waals surface area contributed by atoms with Crippen LogP contribution in [0.15, 0.2) is 17.4 Å². The fourth-order valence-corrected chi connectivity index (χ4v) is 2.97. The lowest BCUT2D eigenvalue weighted by molar-refractivity contribution is 0.0399. The van der Waals surface area contributed by atoms with Crippen LogP contribution < -0.4 is 14.2 Å². The zero-order chi connectivity index (χ0) is 19.6. The number of methoxy groups -OCH3 is 3. The molecular weight excluding hydrogens is 336 g/mol. The number of benzene rings is 1. The highest BCUT2D eigenvalue weighted by Crippen LogP contribution is 2.46. The van der Waals surface area contributed by atoms with Crippen molar-refractivity contribution in [3.8, 4) is 17.2 Å². The Morgan fingerprint density at radius 3 is 2.00 bits per heavy atom. The van der Waals surface area contributed by atoms with E-state index in [-0.39, 0.29) is 40.0 Å². The molecule has 0 amide bonds. The first-order chi connectivity index (χ1) is 12.2. The summed E-state index contributed by atoms with van der Waals surface area (Å²) in [4.78, 5) is 26.4. The molecule has 0 unspecified atom stereocenters. The predicted molar refractivity (Wildman–Crippen MR) is 97.5 cm³/mol. The van der Waals surface area contributed by atoms with Crippen LogP contribution in [0.4, 0.5) is 0 Å². The average molecular weight is 362 g/mol. The Hall–Kier alpha value is -2.50. The maximum atomic E-state index is 13.3. The first kappa shape index (κ1) is 19.8. The van der Waals surface area contributed by atoms with Crippen LogP contribution in [0.25, 0.3) is 0 Å². The first-order valence-corrected chi connectivity index (χ1v) is 8.54. The van der Waals surface area contributed by atoms with Gasteiger partial charge in [-0.3, -0.25) is 9.59 Å². The maximum absolute atomic E-state index is 13.3. The molecule has 2 rings (SSSR count).